The van der Waals surface area contributed by atoms with Crippen molar-refractivity contribution >= 4 is 5.97 Å². The molecule has 1 rings (SSSR count). The van der Waals surface area contributed by atoms with E-state index in [0.29, 0.717) is 6.61 Å². The fraction of sp³-hybridized carbons (Fsp3) is 0.615. The summed E-state index contributed by atoms with van der Waals surface area (Å²) >= 11 is 0. The average Bonchev–Trinajstić information content (AvgIpc) is 2.23. The van der Waals surface area contributed by atoms with Crippen LogP contribution in [-0.4, -0.2) is 12.6 Å². The van der Waals surface area contributed by atoms with Gasteiger partial charge in [-0.15, -0.1) is 0 Å². The van der Waals surface area contributed by atoms with Crippen LogP contribution in [-0.2, 0) is 9.53 Å². The van der Waals surface area contributed by atoms with Crippen molar-refractivity contribution in [2.75, 3.05) is 6.61 Å². The Morgan fingerprint density at radius 2 is 2.20 bits per heavy atom. The molecule has 0 spiro atoms. The monoisotopic (exact) mass is 208 g/mol. The maximum Gasteiger partial charge on any atom is 0.316 e. The Balaban J connectivity index is 2.57. The van der Waals surface area contributed by atoms with Crippen LogP contribution in [0.4, 0.5) is 0 Å². The Hall–Kier alpha value is -1.05. The quantitative estimate of drug-likeness (QED) is 0.524. The summed E-state index contributed by atoms with van der Waals surface area (Å²) < 4.78 is 5.27. The SMILES string of the molecule is CCCCOC(=O)C1(C)C=CC=CC1C. The topological polar surface area (TPSA) is 26.3 Å². The summed E-state index contributed by atoms with van der Waals surface area (Å²) in [6.45, 7) is 6.60. The molecule has 0 radical (unpaired) electrons. The number of unbranched alkanes of at least 4 members (excludes halogenated alkanes) is 1. The summed E-state index contributed by atoms with van der Waals surface area (Å²) in [6.07, 6.45) is 9.87. The van der Waals surface area contributed by atoms with E-state index < -0.39 is 5.41 Å². The van der Waals surface area contributed by atoms with Crippen LogP contribution in [0.5, 0.6) is 0 Å². The van der Waals surface area contributed by atoms with Crippen LogP contribution in [0.1, 0.15) is 33.6 Å². The number of carbonyl (C=O) groups is 1. The van der Waals surface area contributed by atoms with E-state index in [1.165, 1.54) is 0 Å². The third-order valence-corrected chi connectivity index (χ3v) is 3.07. The van der Waals surface area contributed by atoms with Crippen molar-refractivity contribution in [2.45, 2.75) is 33.6 Å². The molecule has 0 bridgehead atoms. The maximum absolute atomic E-state index is 11.9. The van der Waals surface area contributed by atoms with E-state index in [0.717, 1.165) is 12.8 Å². The second-order valence-corrected chi connectivity index (χ2v) is 4.30. The summed E-state index contributed by atoms with van der Waals surface area (Å²) in [4.78, 5) is 11.9. The molecule has 0 aromatic carbocycles. The van der Waals surface area contributed by atoms with Gasteiger partial charge in [0, 0.05) is 0 Å². The van der Waals surface area contributed by atoms with Crippen LogP contribution in [0.25, 0.3) is 0 Å². The van der Waals surface area contributed by atoms with Crippen molar-refractivity contribution < 1.29 is 9.53 Å². The first-order valence-electron chi connectivity index (χ1n) is 5.64. The molecule has 2 heteroatoms. The standard InChI is InChI=1S/C13H20O2/c1-4-5-10-15-12(14)13(3)9-7-6-8-11(13)2/h6-9,11H,4-5,10H2,1-3H3. The molecule has 0 heterocycles. The van der Waals surface area contributed by atoms with Gasteiger partial charge in [-0.25, -0.2) is 0 Å². The number of hydrogen-bond donors (Lipinski definition) is 0. The Morgan fingerprint density at radius 3 is 2.80 bits per heavy atom. The fourth-order valence-corrected chi connectivity index (χ4v) is 1.56. The van der Waals surface area contributed by atoms with Crippen LogP contribution in [0.3, 0.4) is 0 Å². The highest BCUT2D eigenvalue weighted by Gasteiger charge is 2.37. The Morgan fingerprint density at radius 1 is 1.47 bits per heavy atom. The summed E-state index contributed by atoms with van der Waals surface area (Å²) in [5, 5.41) is 0. The molecule has 2 nitrogen and oxygen atoms in total. The minimum absolute atomic E-state index is 0.107. The first-order valence-corrected chi connectivity index (χ1v) is 5.64. The summed E-state index contributed by atoms with van der Waals surface area (Å²) in [6, 6.07) is 0. The Kier molecular flexibility index (Phi) is 4.13. The largest absolute Gasteiger partial charge is 0.465 e. The van der Waals surface area contributed by atoms with Crippen molar-refractivity contribution in [3.63, 3.8) is 0 Å². The van der Waals surface area contributed by atoms with Crippen LogP contribution in [0.2, 0.25) is 0 Å². The van der Waals surface area contributed by atoms with Crippen LogP contribution < -0.4 is 0 Å². The molecule has 0 aromatic rings. The van der Waals surface area contributed by atoms with Gasteiger partial charge in [0.1, 0.15) is 0 Å². The van der Waals surface area contributed by atoms with Gasteiger partial charge in [-0.1, -0.05) is 44.6 Å². The number of carbonyl (C=O) groups excluding carboxylic acids is 1. The summed E-state index contributed by atoms with van der Waals surface area (Å²) in [5.41, 5.74) is -0.484. The number of ether oxygens (including phenoxy) is 1. The molecule has 0 aromatic heterocycles. The second-order valence-electron chi connectivity index (χ2n) is 4.30. The molecule has 0 saturated heterocycles. The van der Waals surface area contributed by atoms with E-state index in [2.05, 4.69) is 6.92 Å². The summed E-state index contributed by atoms with van der Waals surface area (Å²) in [5.74, 6) is 0.0978. The molecule has 0 saturated carbocycles. The van der Waals surface area contributed by atoms with E-state index in [1.54, 1.807) is 0 Å². The van der Waals surface area contributed by atoms with Crippen molar-refractivity contribution in [1.82, 2.24) is 0 Å². The molecular formula is C13H20O2. The van der Waals surface area contributed by atoms with E-state index in [9.17, 15) is 4.79 Å². The van der Waals surface area contributed by atoms with Crippen LogP contribution >= 0.6 is 0 Å². The van der Waals surface area contributed by atoms with Crippen molar-refractivity contribution in [1.29, 1.82) is 0 Å². The lowest BCUT2D eigenvalue weighted by Gasteiger charge is -2.30. The molecule has 2 atom stereocenters. The number of esters is 1. The Labute approximate surface area is 92.0 Å². The first kappa shape index (κ1) is 12.0. The minimum Gasteiger partial charge on any atom is -0.465 e. The lowest BCUT2D eigenvalue weighted by Crippen LogP contribution is -2.34. The van der Waals surface area contributed by atoms with Crippen molar-refractivity contribution in [2.24, 2.45) is 11.3 Å². The smallest absolute Gasteiger partial charge is 0.316 e. The fourth-order valence-electron chi connectivity index (χ4n) is 1.56. The predicted octanol–water partition coefficient (Wildman–Crippen LogP) is 3.10. The Bertz CT molecular complexity index is 278. The van der Waals surface area contributed by atoms with Gasteiger partial charge in [0.2, 0.25) is 0 Å². The van der Waals surface area contributed by atoms with Gasteiger partial charge >= 0.3 is 5.97 Å². The zero-order valence-electron chi connectivity index (χ0n) is 9.82. The number of hydrogen-bond acceptors (Lipinski definition) is 2. The highest BCUT2D eigenvalue weighted by Crippen LogP contribution is 2.34. The molecule has 15 heavy (non-hydrogen) atoms. The number of rotatable bonds is 4. The zero-order chi connectivity index (χ0) is 11.3. The van der Waals surface area contributed by atoms with E-state index in [1.807, 2.05) is 38.2 Å². The minimum atomic E-state index is -0.484. The molecule has 0 amide bonds. The average molecular weight is 208 g/mol. The molecule has 1 aliphatic rings. The summed E-state index contributed by atoms with van der Waals surface area (Å²) in [7, 11) is 0. The van der Waals surface area contributed by atoms with Crippen molar-refractivity contribution in [3.05, 3.63) is 24.3 Å². The molecule has 0 N–H and O–H groups in total. The third kappa shape index (κ3) is 2.71. The van der Waals surface area contributed by atoms with Crippen LogP contribution in [0, 0.1) is 11.3 Å². The van der Waals surface area contributed by atoms with Crippen molar-refractivity contribution in [3.8, 4) is 0 Å². The molecule has 1 aliphatic carbocycles. The molecule has 84 valence electrons. The highest BCUT2D eigenvalue weighted by molar-refractivity contribution is 5.79. The highest BCUT2D eigenvalue weighted by atomic mass is 16.5. The van der Waals surface area contributed by atoms with Gasteiger partial charge in [0.15, 0.2) is 0 Å². The lowest BCUT2D eigenvalue weighted by atomic mass is 9.75. The second kappa shape index (κ2) is 5.15. The molecule has 0 fully saturated rings. The number of allylic oxidation sites excluding steroid dienone is 3. The lowest BCUT2D eigenvalue weighted by molar-refractivity contribution is -0.154. The molecule has 0 aliphatic heterocycles. The molecular weight excluding hydrogens is 188 g/mol. The van der Waals surface area contributed by atoms with E-state index in [4.69, 9.17) is 4.74 Å². The van der Waals surface area contributed by atoms with Crippen LogP contribution in [0.15, 0.2) is 24.3 Å². The van der Waals surface area contributed by atoms with E-state index in [-0.39, 0.29) is 11.9 Å². The normalized spacial score (nSPS) is 29.1. The van der Waals surface area contributed by atoms with E-state index >= 15 is 0 Å². The van der Waals surface area contributed by atoms with Gasteiger partial charge in [0.25, 0.3) is 0 Å². The zero-order valence-corrected chi connectivity index (χ0v) is 9.82. The van der Waals surface area contributed by atoms with Gasteiger partial charge in [-0.2, -0.15) is 0 Å². The molecule has 2 unspecified atom stereocenters. The van der Waals surface area contributed by atoms with Gasteiger partial charge in [-0.05, 0) is 19.3 Å². The first-order chi connectivity index (χ1) is 7.11. The van der Waals surface area contributed by atoms with Gasteiger partial charge in [-0.3, -0.25) is 4.79 Å². The van der Waals surface area contributed by atoms with Gasteiger partial charge < -0.3 is 4.74 Å². The van der Waals surface area contributed by atoms with Gasteiger partial charge in [0.05, 0.1) is 12.0 Å². The third-order valence-electron chi connectivity index (χ3n) is 3.07. The maximum atomic E-state index is 11.9. The predicted molar refractivity (Wildman–Crippen MR) is 61.4 cm³/mol.